The monoisotopic (exact) mass is 232 g/mol. The van der Waals surface area contributed by atoms with E-state index >= 15 is 0 Å². The van der Waals surface area contributed by atoms with Gasteiger partial charge in [0.25, 0.3) is 0 Å². The third-order valence-electron chi connectivity index (χ3n) is 3.69. The SMILES string of the molecule is Cc1ccc(CC(=O)C2(O)CCCCC2)cc1. The van der Waals surface area contributed by atoms with Crippen LogP contribution in [0.4, 0.5) is 0 Å². The highest BCUT2D eigenvalue weighted by atomic mass is 16.3. The molecule has 1 fully saturated rings. The second-order valence-electron chi connectivity index (χ2n) is 5.18. The Kier molecular flexibility index (Phi) is 3.63. The van der Waals surface area contributed by atoms with Crippen molar-refractivity contribution in [2.45, 2.75) is 51.0 Å². The van der Waals surface area contributed by atoms with Crippen molar-refractivity contribution >= 4 is 5.78 Å². The molecule has 2 heteroatoms. The van der Waals surface area contributed by atoms with Gasteiger partial charge in [-0.05, 0) is 25.3 Å². The predicted octanol–water partition coefficient (Wildman–Crippen LogP) is 2.80. The molecule has 2 nitrogen and oxygen atoms in total. The number of benzene rings is 1. The Morgan fingerprint density at radius 2 is 1.76 bits per heavy atom. The van der Waals surface area contributed by atoms with E-state index in [1.807, 2.05) is 31.2 Å². The van der Waals surface area contributed by atoms with Crippen molar-refractivity contribution in [1.82, 2.24) is 0 Å². The number of rotatable bonds is 3. The molecule has 0 aromatic heterocycles. The molecule has 1 aliphatic rings. The van der Waals surface area contributed by atoms with Crippen LogP contribution in [0.25, 0.3) is 0 Å². The highest BCUT2D eigenvalue weighted by Crippen LogP contribution is 2.29. The van der Waals surface area contributed by atoms with Crippen molar-refractivity contribution in [3.05, 3.63) is 35.4 Å². The highest BCUT2D eigenvalue weighted by Gasteiger charge is 2.36. The maximum atomic E-state index is 12.1. The van der Waals surface area contributed by atoms with E-state index in [1.54, 1.807) is 0 Å². The lowest BCUT2D eigenvalue weighted by Crippen LogP contribution is -2.41. The average Bonchev–Trinajstić information content (AvgIpc) is 2.33. The Balaban J connectivity index is 2.03. The van der Waals surface area contributed by atoms with Crippen LogP contribution in [0.2, 0.25) is 0 Å². The van der Waals surface area contributed by atoms with Gasteiger partial charge in [0.2, 0.25) is 0 Å². The maximum Gasteiger partial charge on any atom is 0.168 e. The highest BCUT2D eigenvalue weighted by molar-refractivity contribution is 5.89. The van der Waals surface area contributed by atoms with E-state index in [0.717, 1.165) is 24.8 Å². The minimum atomic E-state index is -1.05. The van der Waals surface area contributed by atoms with Crippen molar-refractivity contribution < 1.29 is 9.90 Å². The van der Waals surface area contributed by atoms with Crippen molar-refractivity contribution in [1.29, 1.82) is 0 Å². The molecule has 1 N–H and O–H groups in total. The topological polar surface area (TPSA) is 37.3 Å². The second kappa shape index (κ2) is 5.01. The van der Waals surface area contributed by atoms with Gasteiger partial charge in [0.15, 0.2) is 5.78 Å². The smallest absolute Gasteiger partial charge is 0.168 e. The summed E-state index contributed by atoms with van der Waals surface area (Å²) in [5.74, 6) is -0.0129. The molecule has 0 heterocycles. The average molecular weight is 232 g/mol. The van der Waals surface area contributed by atoms with Crippen molar-refractivity contribution in [3.63, 3.8) is 0 Å². The van der Waals surface area contributed by atoms with Gasteiger partial charge in [0, 0.05) is 6.42 Å². The molecule has 0 amide bonds. The van der Waals surface area contributed by atoms with Gasteiger partial charge >= 0.3 is 0 Å². The van der Waals surface area contributed by atoms with E-state index < -0.39 is 5.60 Å². The van der Waals surface area contributed by atoms with Crippen LogP contribution in [0.1, 0.15) is 43.2 Å². The summed E-state index contributed by atoms with van der Waals surface area (Å²) in [6, 6.07) is 7.96. The Labute approximate surface area is 103 Å². The fourth-order valence-electron chi connectivity index (χ4n) is 2.47. The maximum absolute atomic E-state index is 12.1. The first kappa shape index (κ1) is 12.3. The molecule has 92 valence electrons. The van der Waals surface area contributed by atoms with Crippen LogP contribution in [0, 0.1) is 6.92 Å². The summed E-state index contributed by atoms with van der Waals surface area (Å²) in [6.07, 6.45) is 4.71. The van der Waals surface area contributed by atoms with Crippen molar-refractivity contribution in [2.24, 2.45) is 0 Å². The molecule has 0 unspecified atom stereocenters. The number of hydrogen-bond donors (Lipinski definition) is 1. The number of hydrogen-bond acceptors (Lipinski definition) is 2. The first-order chi connectivity index (χ1) is 8.10. The van der Waals surface area contributed by atoms with Crippen molar-refractivity contribution in [2.75, 3.05) is 0 Å². The number of Topliss-reactive ketones (excluding diaryl/α,β-unsaturated/α-hetero) is 1. The number of carbonyl (C=O) groups excluding carboxylic acids is 1. The van der Waals surface area contributed by atoms with Crippen LogP contribution >= 0.6 is 0 Å². The van der Waals surface area contributed by atoms with Gasteiger partial charge in [-0.25, -0.2) is 0 Å². The first-order valence-electron chi connectivity index (χ1n) is 6.41. The Morgan fingerprint density at radius 1 is 1.18 bits per heavy atom. The lowest BCUT2D eigenvalue weighted by molar-refractivity contribution is -0.139. The lowest BCUT2D eigenvalue weighted by Gasteiger charge is -2.30. The van der Waals surface area contributed by atoms with E-state index in [-0.39, 0.29) is 5.78 Å². The summed E-state index contributed by atoms with van der Waals surface area (Å²) in [7, 11) is 0. The van der Waals surface area contributed by atoms with Gasteiger partial charge in [-0.2, -0.15) is 0 Å². The second-order valence-corrected chi connectivity index (χ2v) is 5.18. The molecule has 1 aromatic carbocycles. The number of ketones is 1. The zero-order chi connectivity index (χ0) is 12.3. The largest absolute Gasteiger partial charge is 0.382 e. The fourth-order valence-corrected chi connectivity index (χ4v) is 2.47. The summed E-state index contributed by atoms with van der Waals surface area (Å²) >= 11 is 0. The molecule has 0 saturated heterocycles. The third kappa shape index (κ3) is 2.95. The van der Waals surface area contributed by atoms with Gasteiger partial charge in [0.1, 0.15) is 5.60 Å². The normalized spacial score (nSPS) is 18.9. The van der Waals surface area contributed by atoms with Crippen molar-refractivity contribution in [3.8, 4) is 0 Å². The molecule has 1 aliphatic carbocycles. The lowest BCUT2D eigenvalue weighted by atomic mass is 9.80. The number of aryl methyl sites for hydroxylation is 1. The van der Waals surface area contributed by atoms with E-state index in [0.29, 0.717) is 19.3 Å². The summed E-state index contributed by atoms with van der Waals surface area (Å²) in [5, 5.41) is 10.3. The van der Waals surface area contributed by atoms with E-state index in [1.165, 1.54) is 5.56 Å². The molecule has 17 heavy (non-hydrogen) atoms. The summed E-state index contributed by atoms with van der Waals surface area (Å²) in [6.45, 7) is 2.03. The van der Waals surface area contributed by atoms with E-state index in [4.69, 9.17) is 0 Å². The van der Waals surface area contributed by atoms with E-state index in [2.05, 4.69) is 0 Å². The standard InChI is InChI=1S/C15H20O2/c1-12-5-7-13(8-6-12)11-14(16)15(17)9-3-2-4-10-15/h5-8,17H,2-4,9-11H2,1H3. The molecule has 1 aromatic rings. The molecule has 2 rings (SSSR count). The summed E-state index contributed by atoms with van der Waals surface area (Å²) < 4.78 is 0. The molecular weight excluding hydrogens is 212 g/mol. The van der Waals surface area contributed by atoms with Crippen LogP contribution in [0.5, 0.6) is 0 Å². The van der Waals surface area contributed by atoms with Crippen LogP contribution in [0.15, 0.2) is 24.3 Å². The van der Waals surface area contributed by atoms with E-state index in [9.17, 15) is 9.90 Å². The van der Waals surface area contributed by atoms with Crippen LogP contribution < -0.4 is 0 Å². The molecule has 0 radical (unpaired) electrons. The van der Waals surface area contributed by atoms with Gasteiger partial charge in [0.05, 0.1) is 0 Å². The summed E-state index contributed by atoms with van der Waals surface area (Å²) in [5.41, 5.74) is 1.14. The Bertz CT molecular complexity index is 386. The minimum absolute atomic E-state index is 0.0129. The predicted molar refractivity (Wildman–Crippen MR) is 67.9 cm³/mol. The quantitative estimate of drug-likeness (QED) is 0.870. The number of aliphatic hydroxyl groups is 1. The third-order valence-corrected chi connectivity index (χ3v) is 3.69. The Morgan fingerprint density at radius 3 is 2.35 bits per heavy atom. The number of carbonyl (C=O) groups is 1. The first-order valence-corrected chi connectivity index (χ1v) is 6.41. The molecule has 0 atom stereocenters. The Hall–Kier alpha value is -1.15. The fraction of sp³-hybridized carbons (Fsp3) is 0.533. The molecular formula is C15H20O2. The van der Waals surface area contributed by atoms with Gasteiger partial charge in [-0.3, -0.25) is 4.79 Å². The molecule has 0 bridgehead atoms. The summed E-state index contributed by atoms with van der Waals surface area (Å²) in [4.78, 5) is 12.1. The molecule has 1 saturated carbocycles. The zero-order valence-corrected chi connectivity index (χ0v) is 10.4. The van der Waals surface area contributed by atoms with Gasteiger partial charge < -0.3 is 5.11 Å². The zero-order valence-electron chi connectivity index (χ0n) is 10.4. The minimum Gasteiger partial charge on any atom is -0.382 e. The van der Waals surface area contributed by atoms with Gasteiger partial charge in [-0.15, -0.1) is 0 Å². The van der Waals surface area contributed by atoms with Gasteiger partial charge in [-0.1, -0.05) is 49.1 Å². The molecule has 0 spiro atoms. The van der Waals surface area contributed by atoms with Crippen LogP contribution in [0.3, 0.4) is 0 Å². The molecule has 0 aliphatic heterocycles. The van der Waals surface area contributed by atoms with Crippen LogP contribution in [-0.2, 0) is 11.2 Å². The van der Waals surface area contributed by atoms with Crippen LogP contribution in [-0.4, -0.2) is 16.5 Å².